The largest absolute Gasteiger partial charge is 0.507 e. The van der Waals surface area contributed by atoms with Gasteiger partial charge in [-0.05, 0) is 66.6 Å². The average Bonchev–Trinajstić information content (AvgIpc) is 3.61. The number of rotatable bonds is 8. The summed E-state index contributed by atoms with van der Waals surface area (Å²) in [5, 5.41) is 12.0. The molecular formula is C35H28N2O7S. The Hall–Kier alpha value is -5.35. The van der Waals surface area contributed by atoms with E-state index >= 15 is 0 Å². The van der Waals surface area contributed by atoms with E-state index in [1.807, 2.05) is 55.5 Å². The monoisotopic (exact) mass is 620 g/mol. The average molecular weight is 621 g/mol. The van der Waals surface area contributed by atoms with Crippen molar-refractivity contribution in [2.45, 2.75) is 19.6 Å². The Labute approximate surface area is 262 Å². The molecule has 2 aliphatic rings. The molecule has 0 radical (unpaired) electrons. The van der Waals surface area contributed by atoms with Crippen molar-refractivity contribution in [1.29, 1.82) is 0 Å². The molecule has 1 saturated heterocycles. The highest BCUT2D eigenvalue weighted by Gasteiger charge is 2.48. The van der Waals surface area contributed by atoms with Crippen LogP contribution < -0.4 is 23.8 Å². The third kappa shape index (κ3) is 5.44. The molecule has 1 N–H and O–H groups in total. The quantitative estimate of drug-likeness (QED) is 0.116. The number of aliphatic hydroxyl groups excluding tert-OH is 1. The molecule has 9 nitrogen and oxygen atoms in total. The number of amides is 1. The normalized spacial score (nSPS) is 17.1. The maximum absolute atomic E-state index is 13.7. The standard InChI is InChI=1S/C35H28N2O7S/c1-2-41-25-13-14-26-29(19-25)45-35(36-26)37-31(22-8-11-24(12-9-22)44-20-21-6-4-3-5-7-21)30(33(39)34(37)40)32(38)23-10-15-27-28(18-23)43-17-16-42-27/h3-15,18-19,31,38H,2,16-17,20H2,1H3/b32-30+. The summed E-state index contributed by atoms with van der Waals surface area (Å²) in [6.07, 6.45) is 0. The van der Waals surface area contributed by atoms with Gasteiger partial charge in [0.25, 0.3) is 5.78 Å². The van der Waals surface area contributed by atoms with E-state index < -0.39 is 17.7 Å². The van der Waals surface area contributed by atoms with Crippen LogP contribution in [0.25, 0.3) is 16.0 Å². The highest BCUT2D eigenvalue weighted by molar-refractivity contribution is 7.22. The number of Topliss-reactive ketones (excluding diaryl/α,β-unsaturated/α-hetero) is 1. The molecule has 226 valence electrons. The number of benzene rings is 4. The van der Waals surface area contributed by atoms with Gasteiger partial charge in [0.2, 0.25) is 0 Å². The summed E-state index contributed by atoms with van der Waals surface area (Å²) >= 11 is 1.27. The van der Waals surface area contributed by atoms with Gasteiger partial charge in [-0.15, -0.1) is 0 Å². The van der Waals surface area contributed by atoms with Crippen molar-refractivity contribution in [3.63, 3.8) is 0 Å². The van der Waals surface area contributed by atoms with Crippen molar-refractivity contribution in [2.24, 2.45) is 0 Å². The van der Waals surface area contributed by atoms with Crippen molar-refractivity contribution in [3.8, 4) is 23.0 Å². The number of hydrogen-bond acceptors (Lipinski definition) is 9. The molecule has 7 rings (SSSR count). The molecule has 10 heteroatoms. The topological polar surface area (TPSA) is 107 Å². The molecule has 3 heterocycles. The van der Waals surface area contributed by atoms with Gasteiger partial charge < -0.3 is 24.1 Å². The number of aliphatic hydroxyl groups is 1. The second-order valence-corrected chi connectivity index (χ2v) is 11.4. The van der Waals surface area contributed by atoms with E-state index in [9.17, 15) is 14.7 Å². The minimum absolute atomic E-state index is 0.0520. The van der Waals surface area contributed by atoms with Gasteiger partial charge in [0.15, 0.2) is 16.6 Å². The fourth-order valence-electron chi connectivity index (χ4n) is 5.43. The maximum atomic E-state index is 13.7. The number of nitrogens with zero attached hydrogens (tertiary/aromatic N) is 2. The lowest BCUT2D eigenvalue weighted by molar-refractivity contribution is -0.132. The Bertz CT molecular complexity index is 1940. The maximum Gasteiger partial charge on any atom is 0.301 e. The molecular weight excluding hydrogens is 592 g/mol. The molecule has 0 spiro atoms. The fraction of sp³-hybridized carbons (Fsp3) is 0.171. The molecule has 1 aromatic heterocycles. The van der Waals surface area contributed by atoms with E-state index in [1.165, 1.54) is 16.2 Å². The van der Waals surface area contributed by atoms with E-state index in [-0.39, 0.29) is 11.3 Å². The number of hydrogen-bond donors (Lipinski definition) is 1. The summed E-state index contributed by atoms with van der Waals surface area (Å²) in [6.45, 7) is 3.59. The minimum atomic E-state index is -0.951. The summed E-state index contributed by atoms with van der Waals surface area (Å²) in [7, 11) is 0. The van der Waals surface area contributed by atoms with Gasteiger partial charge in [0.05, 0.1) is 28.4 Å². The van der Waals surface area contributed by atoms with Gasteiger partial charge in [-0.1, -0.05) is 53.8 Å². The van der Waals surface area contributed by atoms with Crippen LogP contribution >= 0.6 is 11.3 Å². The van der Waals surface area contributed by atoms with Crippen molar-refractivity contribution in [3.05, 3.63) is 113 Å². The zero-order valence-corrected chi connectivity index (χ0v) is 25.1. The molecule has 4 aromatic carbocycles. The number of anilines is 1. The predicted molar refractivity (Wildman–Crippen MR) is 170 cm³/mol. The van der Waals surface area contributed by atoms with Crippen LogP contribution in [0.1, 0.15) is 29.7 Å². The van der Waals surface area contributed by atoms with Crippen LogP contribution in [0, 0.1) is 0 Å². The summed E-state index contributed by atoms with van der Waals surface area (Å²) < 4.78 is 23.7. The molecule has 2 aliphatic heterocycles. The predicted octanol–water partition coefficient (Wildman–Crippen LogP) is 6.67. The van der Waals surface area contributed by atoms with E-state index in [0.29, 0.717) is 71.2 Å². The smallest absolute Gasteiger partial charge is 0.301 e. The van der Waals surface area contributed by atoms with E-state index in [2.05, 4.69) is 0 Å². The Morgan fingerprint density at radius 1 is 0.911 bits per heavy atom. The number of aromatic nitrogens is 1. The first kappa shape index (κ1) is 28.4. The number of fused-ring (bicyclic) bond motifs is 2. The number of thiazole rings is 1. The van der Waals surface area contributed by atoms with Gasteiger partial charge in [0, 0.05) is 5.56 Å². The van der Waals surface area contributed by atoms with Gasteiger partial charge in [-0.25, -0.2) is 4.98 Å². The number of carbonyl (C=O) groups excluding carboxylic acids is 2. The van der Waals surface area contributed by atoms with Gasteiger partial charge in [-0.2, -0.15) is 0 Å². The van der Waals surface area contributed by atoms with E-state index in [1.54, 1.807) is 42.5 Å². The van der Waals surface area contributed by atoms with Gasteiger partial charge in [0.1, 0.15) is 37.1 Å². The van der Waals surface area contributed by atoms with Crippen LogP contribution in [0.5, 0.6) is 23.0 Å². The van der Waals surface area contributed by atoms with Crippen LogP contribution in [-0.4, -0.2) is 41.6 Å². The third-order valence-corrected chi connectivity index (χ3v) is 8.59. The van der Waals surface area contributed by atoms with Gasteiger partial charge in [-0.3, -0.25) is 14.5 Å². The van der Waals surface area contributed by atoms with E-state index in [0.717, 1.165) is 10.3 Å². The first-order valence-corrected chi connectivity index (χ1v) is 15.3. The van der Waals surface area contributed by atoms with Crippen LogP contribution in [0.3, 0.4) is 0 Å². The van der Waals surface area contributed by atoms with Crippen LogP contribution in [0.15, 0.2) is 96.6 Å². The molecule has 45 heavy (non-hydrogen) atoms. The summed E-state index contributed by atoms with van der Waals surface area (Å²) in [5.74, 6) is 0.382. The van der Waals surface area contributed by atoms with Crippen molar-refractivity contribution in [2.75, 3.05) is 24.7 Å². The number of carbonyl (C=O) groups is 2. The highest BCUT2D eigenvalue weighted by atomic mass is 32.1. The molecule has 1 atom stereocenters. The van der Waals surface area contributed by atoms with Crippen LogP contribution in [-0.2, 0) is 16.2 Å². The Morgan fingerprint density at radius 2 is 1.67 bits per heavy atom. The summed E-state index contributed by atoms with van der Waals surface area (Å²) in [6, 6.07) is 26.4. The van der Waals surface area contributed by atoms with Crippen LogP contribution in [0.4, 0.5) is 5.13 Å². The zero-order chi connectivity index (χ0) is 30.9. The Morgan fingerprint density at radius 3 is 2.44 bits per heavy atom. The molecule has 1 unspecified atom stereocenters. The van der Waals surface area contributed by atoms with Crippen molar-refractivity contribution < 1.29 is 33.6 Å². The Kier molecular flexibility index (Phi) is 7.56. The number of ketones is 1. The lowest BCUT2D eigenvalue weighted by atomic mass is 9.95. The van der Waals surface area contributed by atoms with Crippen LogP contribution in [0.2, 0.25) is 0 Å². The molecule has 5 aromatic rings. The van der Waals surface area contributed by atoms with Crippen molar-refractivity contribution >= 4 is 44.1 Å². The lowest BCUT2D eigenvalue weighted by Crippen LogP contribution is -2.29. The first-order chi connectivity index (χ1) is 22.0. The molecule has 0 bridgehead atoms. The lowest BCUT2D eigenvalue weighted by Gasteiger charge is -2.23. The molecule has 1 amide bonds. The first-order valence-electron chi connectivity index (χ1n) is 14.5. The second-order valence-electron chi connectivity index (χ2n) is 10.4. The fourth-order valence-corrected chi connectivity index (χ4v) is 6.45. The zero-order valence-electron chi connectivity index (χ0n) is 24.3. The molecule has 0 saturated carbocycles. The van der Waals surface area contributed by atoms with Crippen molar-refractivity contribution in [1.82, 2.24) is 4.98 Å². The molecule has 1 fully saturated rings. The van der Waals surface area contributed by atoms with Gasteiger partial charge >= 0.3 is 5.91 Å². The SMILES string of the molecule is CCOc1ccc2nc(N3C(=O)C(=O)/C(=C(/O)c4ccc5c(c4)OCCO5)C3c3ccc(OCc4ccccc4)cc3)sc2c1. The van der Waals surface area contributed by atoms with E-state index in [4.69, 9.17) is 23.9 Å². The second kappa shape index (κ2) is 12.0. The number of ether oxygens (including phenoxy) is 4. The summed E-state index contributed by atoms with van der Waals surface area (Å²) in [4.78, 5) is 33.5. The Balaban J connectivity index is 1.30. The highest BCUT2D eigenvalue weighted by Crippen LogP contribution is 2.45. The summed E-state index contributed by atoms with van der Waals surface area (Å²) in [5.41, 5.74) is 2.57. The molecule has 0 aliphatic carbocycles. The minimum Gasteiger partial charge on any atom is -0.507 e. The third-order valence-electron chi connectivity index (χ3n) is 7.57.